The highest BCUT2D eigenvalue weighted by molar-refractivity contribution is 6.17. The highest BCUT2D eigenvalue weighted by atomic mass is 35.5. The fraction of sp³-hybridized carbons (Fsp3) is 0.455. The van der Waals surface area contributed by atoms with E-state index in [0.29, 0.717) is 11.8 Å². The van der Waals surface area contributed by atoms with E-state index in [1.54, 1.807) is 0 Å². The maximum atomic E-state index is 5.75. The van der Waals surface area contributed by atoms with Crippen molar-refractivity contribution in [3.8, 4) is 0 Å². The molecule has 0 aliphatic carbocycles. The van der Waals surface area contributed by atoms with Gasteiger partial charge in [0.05, 0.1) is 0 Å². The molecule has 0 saturated carbocycles. The van der Waals surface area contributed by atoms with E-state index in [2.05, 4.69) is 38.1 Å². The van der Waals surface area contributed by atoms with Crippen LogP contribution in [0.2, 0.25) is 0 Å². The smallest absolute Gasteiger partial charge is 0.0474 e. The van der Waals surface area contributed by atoms with Gasteiger partial charge in [0.25, 0.3) is 0 Å². The normalized spacial score (nSPS) is 12.9. The van der Waals surface area contributed by atoms with Crippen LogP contribution in [0, 0.1) is 0 Å². The van der Waals surface area contributed by atoms with E-state index in [0.717, 1.165) is 0 Å². The summed E-state index contributed by atoms with van der Waals surface area (Å²) in [7, 11) is 0. The van der Waals surface area contributed by atoms with Crippen LogP contribution in [0.4, 0.5) is 0 Å². The van der Waals surface area contributed by atoms with Crippen molar-refractivity contribution >= 4 is 11.6 Å². The Balaban J connectivity index is 2.86. The second kappa shape index (κ2) is 4.51. The zero-order chi connectivity index (χ0) is 8.97. The number of rotatable bonds is 3. The lowest BCUT2D eigenvalue weighted by Crippen LogP contribution is -1.91. The second-order valence-electron chi connectivity index (χ2n) is 3.19. The molecule has 66 valence electrons. The first-order valence-electron chi connectivity index (χ1n) is 4.42. The van der Waals surface area contributed by atoms with Gasteiger partial charge in [-0.1, -0.05) is 38.1 Å². The van der Waals surface area contributed by atoms with Crippen LogP contribution >= 0.6 is 11.6 Å². The van der Waals surface area contributed by atoms with Crippen molar-refractivity contribution in [1.29, 1.82) is 0 Å². The summed E-state index contributed by atoms with van der Waals surface area (Å²) in [6.45, 7) is 4.45. The molecule has 1 aromatic carbocycles. The van der Waals surface area contributed by atoms with Gasteiger partial charge in [-0.15, -0.1) is 11.6 Å². The van der Waals surface area contributed by atoms with E-state index in [4.69, 9.17) is 11.6 Å². The van der Waals surface area contributed by atoms with Crippen molar-refractivity contribution in [2.75, 3.05) is 0 Å². The Morgan fingerprint density at radius 3 is 2.75 bits per heavy atom. The van der Waals surface area contributed by atoms with Gasteiger partial charge in [-0.3, -0.25) is 0 Å². The molecule has 1 aromatic rings. The monoisotopic (exact) mass is 182 g/mol. The van der Waals surface area contributed by atoms with Gasteiger partial charge in [0, 0.05) is 5.88 Å². The molecule has 12 heavy (non-hydrogen) atoms. The Hall–Kier alpha value is -0.490. The van der Waals surface area contributed by atoms with Crippen molar-refractivity contribution in [3.05, 3.63) is 35.4 Å². The molecule has 1 rings (SSSR count). The zero-order valence-electron chi connectivity index (χ0n) is 7.68. The van der Waals surface area contributed by atoms with E-state index >= 15 is 0 Å². The van der Waals surface area contributed by atoms with Gasteiger partial charge in [-0.25, -0.2) is 0 Å². The van der Waals surface area contributed by atoms with Crippen molar-refractivity contribution in [2.45, 2.75) is 32.1 Å². The number of benzene rings is 1. The lowest BCUT2D eigenvalue weighted by molar-refractivity contribution is 0.733. The van der Waals surface area contributed by atoms with Gasteiger partial charge >= 0.3 is 0 Å². The van der Waals surface area contributed by atoms with Crippen LogP contribution in [0.25, 0.3) is 0 Å². The minimum Gasteiger partial charge on any atom is -0.122 e. The minimum atomic E-state index is 0.615. The molecule has 0 heterocycles. The van der Waals surface area contributed by atoms with Crippen molar-refractivity contribution in [3.63, 3.8) is 0 Å². The first-order chi connectivity index (χ1) is 5.77. The SMILES string of the molecule is CCC(C)c1cccc(CCl)c1. The molecule has 0 aliphatic heterocycles. The highest BCUT2D eigenvalue weighted by Gasteiger charge is 2.02. The van der Waals surface area contributed by atoms with E-state index in [-0.39, 0.29) is 0 Å². The summed E-state index contributed by atoms with van der Waals surface area (Å²) in [6.07, 6.45) is 1.19. The predicted octanol–water partition coefficient (Wildman–Crippen LogP) is 3.94. The van der Waals surface area contributed by atoms with Gasteiger partial charge < -0.3 is 0 Å². The molecule has 0 radical (unpaired) electrons. The lowest BCUT2D eigenvalue weighted by atomic mass is 9.97. The number of hydrogen-bond acceptors (Lipinski definition) is 0. The summed E-state index contributed by atoms with van der Waals surface area (Å²) >= 11 is 5.75. The quantitative estimate of drug-likeness (QED) is 0.622. The van der Waals surface area contributed by atoms with Gasteiger partial charge in [0.2, 0.25) is 0 Å². The van der Waals surface area contributed by atoms with E-state index in [9.17, 15) is 0 Å². The molecule has 0 fully saturated rings. The Labute approximate surface area is 79.6 Å². The molecule has 1 atom stereocenters. The molecule has 0 nitrogen and oxygen atoms in total. The third-order valence-electron chi connectivity index (χ3n) is 2.29. The highest BCUT2D eigenvalue weighted by Crippen LogP contribution is 2.19. The van der Waals surface area contributed by atoms with E-state index in [1.807, 2.05) is 0 Å². The molecule has 0 N–H and O–H groups in total. The van der Waals surface area contributed by atoms with Crippen LogP contribution in [-0.2, 0) is 5.88 Å². The number of halogens is 1. The molecule has 0 saturated heterocycles. The average Bonchev–Trinajstić information content (AvgIpc) is 2.17. The first kappa shape index (κ1) is 9.60. The van der Waals surface area contributed by atoms with Crippen molar-refractivity contribution in [2.24, 2.45) is 0 Å². The summed E-state index contributed by atoms with van der Waals surface area (Å²) < 4.78 is 0. The third-order valence-corrected chi connectivity index (χ3v) is 2.60. The van der Waals surface area contributed by atoms with Crippen molar-refractivity contribution in [1.82, 2.24) is 0 Å². The molecular weight excluding hydrogens is 168 g/mol. The molecule has 0 spiro atoms. The maximum absolute atomic E-state index is 5.75. The Morgan fingerprint density at radius 2 is 2.17 bits per heavy atom. The zero-order valence-corrected chi connectivity index (χ0v) is 8.43. The fourth-order valence-corrected chi connectivity index (χ4v) is 1.38. The van der Waals surface area contributed by atoms with Crippen LogP contribution in [0.5, 0.6) is 0 Å². The molecule has 0 bridgehead atoms. The van der Waals surface area contributed by atoms with Crippen LogP contribution < -0.4 is 0 Å². The summed E-state index contributed by atoms with van der Waals surface area (Å²) in [5.74, 6) is 1.26. The fourth-order valence-electron chi connectivity index (χ4n) is 1.22. The van der Waals surface area contributed by atoms with Crippen LogP contribution in [0.3, 0.4) is 0 Å². The Bertz CT molecular complexity index is 243. The largest absolute Gasteiger partial charge is 0.122 e. The maximum Gasteiger partial charge on any atom is 0.0474 e. The van der Waals surface area contributed by atoms with Crippen LogP contribution in [-0.4, -0.2) is 0 Å². The van der Waals surface area contributed by atoms with Gasteiger partial charge in [-0.2, -0.15) is 0 Å². The first-order valence-corrected chi connectivity index (χ1v) is 4.96. The van der Waals surface area contributed by atoms with Gasteiger partial charge in [0.1, 0.15) is 0 Å². The second-order valence-corrected chi connectivity index (χ2v) is 3.46. The topological polar surface area (TPSA) is 0 Å². The lowest BCUT2D eigenvalue weighted by Gasteiger charge is -2.09. The van der Waals surface area contributed by atoms with E-state index in [1.165, 1.54) is 17.5 Å². The van der Waals surface area contributed by atoms with Crippen molar-refractivity contribution < 1.29 is 0 Å². The summed E-state index contributed by atoms with van der Waals surface area (Å²) in [5.41, 5.74) is 2.62. The minimum absolute atomic E-state index is 0.615. The van der Waals surface area contributed by atoms with Gasteiger partial charge in [-0.05, 0) is 23.5 Å². The van der Waals surface area contributed by atoms with Crippen LogP contribution in [0.1, 0.15) is 37.3 Å². The standard InChI is InChI=1S/C11H15Cl/c1-3-9(2)11-6-4-5-10(7-11)8-12/h4-7,9H,3,8H2,1-2H3. The molecule has 1 heteroatoms. The van der Waals surface area contributed by atoms with Gasteiger partial charge in [0.15, 0.2) is 0 Å². The summed E-state index contributed by atoms with van der Waals surface area (Å²) in [4.78, 5) is 0. The molecule has 0 amide bonds. The summed E-state index contributed by atoms with van der Waals surface area (Å²) in [5, 5.41) is 0. The van der Waals surface area contributed by atoms with Crippen LogP contribution in [0.15, 0.2) is 24.3 Å². The third kappa shape index (κ3) is 2.25. The molecule has 1 unspecified atom stereocenters. The van der Waals surface area contributed by atoms with E-state index < -0.39 is 0 Å². The average molecular weight is 183 g/mol. The molecule has 0 aliphatic rings. The Kier molecular flexibility index (Phi) is 3.61. The number of hydrogen-bond donors (Lipinski definition) is 0. The number of alkyl halides is 1. The summed E-state index contributed by atoms with van der Waals surface area (Å²) in [6, 6.07) is 8.52. The predicted molar refractivity (Wildman–Crippen MR) is 54.7 cm³/mol. The Morgan fingerprint density at radius 1 is 1.42 bits per heavy atom. The molecular formula is C11H15Cl. The molecule has 0 aromatic heterocycles.